The average molecular weight is 173 g/mol. The number of hydrogen-bond donors (Lipinski definition) is 0. The van der Waals surface area contributed by atoms with E-state index < -0.39 is 0 Å². The van der Waals surface area contributed by atoms with E-state index in [9.17, 15) is 4.79 Å². The molecule has 0 saturated heterocycles. The summed E-state index contributed by atoms with van der Waals surface area (Å²) in [6.07, 6.45) is 0. The lowest BCUT2D eigenvalue weighted by atomic mass is 10.2. The molecule has 13 heavy (non-hydrogen) atoms. The van der Waals surface area contributed by atoms with Gasteiger partial charge in [-0.05, 0) is 24.3 Å². The molecule has 0 unspecified atom stereocenters. The smallest absolute Gasteiger partial charge is 0.227 e. The van der Waals surface area contributed by atoms with Gasteiger partial charge in [0.1, 0.15) is 0 Å². The number of benzene rings is 1. The van der Waals surface area contributed by atoms with Crippen LogP contribution in [0.25, 0.3) is 0 Å². The SMILES string of the molecule is [CH2]C(=O)N(C)c1ccc(C#N)cc1. The molecule has 0 spiro atoms. The number of carbonyl (C=O) groups excluding carboxylic acids is 1. The van der Waals surface area contributed by atoms with Crippen LogP contribution in [0.15, 0.2) is 24.3 Å². The summed E-state index contributed by atoms with van der Waals surface area (Å²) in [5.74, 6) is -0.273. The molecule has 1 aromatic rings. The lowest BCUT2D eigenvalue weighted by molar-refractivity contribution is -0.114. The molecule has 0 bridgehead atoms. The number of nitriles is 1. The molecule has 0 saturated carbocycles. The molecule has 0 aliphatic heterocycles. The minimum absolute atomic E-state index is 0.273. The van der Waals surface area contributed by atoms with Crippen LogP contribution >= 0.6 is 0 Å². The van der Waals surface area contributed by atoms with Crippen LogP contribution in [0.5, 0.6) is 0 Å². The largest absolute Gasteiger partial charge is 0.315 e. The summed E-state index contributed by atoms with van der Waals surface area (Å²) in [6.45, 7) is 3.28. The van der Waals surface area contributed by atoms with E-state index in [1.807, 2.05) is 6.07 Å². The highest BCUT2D eigenvalue weighted by Crippen LogP contribution is 2.12. The fourth-order valence-electron chi connectivity index (χ4n) is 0.904. The normalized spacial score (nSPS) is 9.00. The molecule has 0 atom stereocenters. The molecule has 0 aliphatic rings. The molecule has 0 N–H and O–H groups in total. The quantitative estimate of drug-likeness (QED) is 0.643. The van der Waals surface area contributed by atoms with Crippen molar-refractivity contribution in [3.63, 3.8) is 0 Å². The van der Waals surface area contributed by atoms with Gasteiger partial charge in [0.25, 0.3) is 0 Å². The van der Waals surface area contributed by atoms with Crippen molar-refractivity contribution in [3.05, 3.63) is 36.8 Å². The summed E-state index contributed by atoms with van der Waals surface area (Å²) in [4.78, 5) is 12.3. The molecule has 1 rings (SSSR count). The van der Waals surface area contributed by atoms with Gasteiger partial charge in [0.15, 0.2) is 0 Å². The lowest BCUT2D eigenvalue weighted by Crippen LogP contribution is -2.22. The predicted octanol–water partition coefficient (Wildman–Crippen LogP) is 1.36. The van der Waals surface area contributed by atoms with E-state index in [2.05, 4.69) is 6.92 Å². The third kappa shape index (κ3) is 2.06. The molecule has 1 amide bonds. The molecule has 3 nitrogen and oxygen atoms in total. The van der Waals surface area contributed by atoms with Crippen LogP contribution in [-0.2, 0) is 4.79 Å². The molecule has 3 heteroatoms. The van der Waals surface area contributed by atoms with Crippen LogP contribution in [0.2, 0.25) is 0 Å². The van der Waals surface area contributed by atoms with Crippen LogP contribution in [0.4, 0.5) is 5.69 Å². The third-order valence-electron chi connectivity index (χ3n) is 1.76. The first kappa shape index (κ1) is 9.27. The Morgan fingerprint density at radius 2 is 2.00 bits per heavy atom. The fraction of sp³-hybridized carbons (Fsp3) is 0.100. The van der Waals surface area contributed by atoms with E-state index in [0.717, 1.165) is 5.69 Å². The van der Waals surface area contributed by atoms with Crippen molar-refractivity contribution >= 4 is 11.6 Å². The van der Waals surface area contributed by atoms with Crippen molar-refractivity contribution in [2.45, 2.75) is 0 Å². The fourth-order valence-corrected chi connectivity index (χ4v) is 0.904. The molecule has 1 radical (unpaired) electrons. The predicted molar refractivity (Wildman–Crippen MR) is 49.9 cm³/mol. The summed E-state index contributed by atoms with van der Waals surface area (Å²) in [5, 5.41) is 8.53. The summed E-state index contributed by atoms with van der Waals surface area (Å²) in [7, 11) is 1.64. The van der Waals surface area contributed by atoms with Crippen LogP contribution in [0.1, 0.15) is 5.56 Å². The number of anilines is 1. The maximum atomic E-state index is 10.8. The first-order valence-electron chi connectivity index (χ1n) is 3.75. The number of carbonyl (C=O) groups is 1. The molecule has 65 valence electrons. The van der Waals surface area contributed by atoms with E-state index in [1.54, 1.807) is 31.3 Å². The number of rotatable bonds is 1. The Bertz CT molecular complexity index is 348. The van der Waals surface area contributed by atoms with Crippen molar-refractivity contribution in [2.75, 3.05) is 11.9 Å². The van der Waals surface area contributed by atoms with E-state index in [4.69, 9.17) is 5.26 Å². The molecule has 0 heterocycles. The zero-order chi connectivity index (χ0) is 9.84. The van der Waals surface area contributed by atoms with Gasteiger partial charge in [0.05, 0.1) is 11.6 Å². The molecule has 0 aromatic heterocycles. The van der Waals surface area contributed by atoms with Crippen molar-refractivity contribution in [1.82, 2.24) is 0 Å². The van der Waals surface area contributed by atoms with Crippen LogP contribution in [0, 0.1) is 18.3 Å². The topological polar surface area (TPSA) is 44.1 Å². The zero-order valence-corrected chi connectivity index (χ0v) is 7.32. The maximum absolute atomic E-state index is 10.8. The summed E-state index contributed by atoms with van der Waals surface area (Å²) in [5.41, 5.74) is 1.31. The Morgan fingerprint density at radius 3 is 2.38 bits per heavy atom. The van der Waals surface area contributed by atoms with Crippen LogP contribution in [0.3, 0.4) is 0 Å². The van der Waals surface area contributed by atoms with Crippen molar-refractivity contribution in [1.29, 1.82) is 5.26 Å². The zero-order valence-electron chi connectivity index (χ0n) is 7.32. The highest BCUT2D eigenvalue weighted by molar-refractivity contribution is 5.95. The van der Waals surface area contributed by atoms with Gasteiger partial charge in [-0.25, -0.2) is 0 Å². The van der Waals surface area contributed by atoms with Crippen molar-refractivity contribution in [2.24, 2.45) is 0 Å². The minimum Gasteiger partial charge on any atom is -0.315 e. The average Bonchev–Trinajstić information content (AvgIpc) is 2.17. The first-order valence-corrected chi connectivity index (χ1v) is 3.75. The highest BCUT2D eigenvalue weighted by atomic mass is 16.2. The van der Waals surface area contributed by atoms with Crippen molar-refractivity contribution in [3.8, 4) is 6.07 Å². The van der Waals surface area contributed by atoms with E-state index >= 15 is 0 Å². The number of hydrogen-bond acceptors (Lipinski definition) is 2. The molecule has 1 aromatic carbocycles. The van der Waals surface area contributed by atoms with Gasteiger partial charge in [-0.2, -0.15) is 5.26 Å². The van der Waals surface area contributed by atoms with Gasteiger partial charge in [-0.3, -0.25) is 4.79 Å². The Balaban J connectivity index is 2.93. The van der Waals surface area contributed by atoms with E-state index in [-0.39, 0.29) is 5.91 Å². The maximum Gasteiger partial charge on any atom is 0.227 e. The monoisotopic (exact) mass is 173 g/mol. The van der Waals surface area contributed by atoms with Crippen LogP contribution < -0.4 is 4.90 Å². The van der Waals surface area contributed by atoms with Gasteiger partial charge < -0.3 is 4.90 Å². The molecule has 0 fully saturated rings. The highest BCUT2D eigenvalue weighted by Gasteiger charge is 2.04. The Morgan fingerprint density at radius 1 is 1.46 bits per heavy atom. The molecule has 0 aliphatic carbocycles. The van der Waals surface area contributed by atoms with Crippen molar-refractivity contribution < 1.29 is 4.79 Å². The lowest BCUT2D eigenvalue weighted by Gasteiger charge is -2.14. The van der Waals surface area contributed by atoms with Gasteiger partial charge in [0, 0.05) is 19.7 Å². The van der Waals surface area contributed by atoms with E-state index in [1.165, 1.54) is 4.90 Å². The Kier molecular flexibility index (Phi) is 2.65. The number of nitrogens with zero attached hydrogens (tertiary/aromatic N) is 2. The summed E-state index contributed by atoms with van der Waals surface area (Å²) >= 11 is 0. The van der Waals surface area contributed by atoms with Gasteiger partial charge in [0.2, 0.25) is 5.91 Å². The second-order valence-electron chi connectivity index (χ2n) is 2.61. The second-order valence-corrected chi connectivity index (χ2v) is 2.61. The molecular weight excluding hydrogens is 164 g/mol. The Hall–Kier alpha value is -1.82. The van der Waals surface area contributed by atoms with Gasteiger partial charge >= 0.3 is 0 Å². The van der Waals surface area contributed by atoms with Crippen LogP contribution in [-0.4, -0.2) is 13.0 Å². The summed E-state index contributed by atoms with van der Waals surface area (Å²) < 4.78 is 0. The first-order chi connectivity index (χ1) is 6.15. The standard InChI is InChI=1S/C10H9N2O/c1-8(13)12(2)10-5-3-9(7-11)4-6-10/h3-6H,1H2,2H3. The second kappa shape index (κ2) is 3.72. The minimum atomic E-state index is -0.273. The Labute approximate surface area is 77.2 Å². The van der Waals surface area contributed by atoms with Gasteiger partial charge in [-0.15, -0.1) is 0 Å². The van der Waals surface area contributed by atoms with Gasteiger partial charge in [-0.1, -0.05) is 0 Å². The third-order valence-corrected chi connectivity index (χ3v) is 1.76. The number of amides is 1. The van der Waals surface area contributed by atoms with E-state index in [0.29, 0.717) is 5.56 Å². The molecular formula is C10H9N2O. The summed E-state index contributed by atoms with van der Waals surface area (Å²) in [6, 6.07) is 8.75.